The molecule has 0 N–H and O–H groups in total. The van der Waals surface area contributed by atoms with Gasteiger partial charge in [0.05, 0.1) is 0 Å². The number of rotatable bonds is 1. The number of hydrogen-bond donors (Lipinski definition) is 0. The molecule has 0 radical (unpaired) electrons. The van der Waals surface area contributed by atoms with Crippen molar-refractivity contribution in [2.45, 2.75) is 19.4 Å². The fourth-order valence-electron chi connectivity index (χ4n) is 1.06. The van der Waals surface area contributed by atoms with Gasteiger partial charge in [0.1, 0.15) is 12.7 Å². The highest BCUT2D eigenvalue weighted by Gasteiger charge is 2.19. The van der Waals surface area contributed by atoms with Gasteiger partial charge in [-0.2, -0.15) is 0 Å². The highest BCUT2D eigenvalue weighted by Crippen LogP contribution is 2.35. The first kappa shape index (κ1) is 6.98. The Hall–Kier alpha value is -0.700. The Morgan fingerprint density at radius 2 is 2.36 bits per heavy atom. The molecule has 0 aliphatic carbocycles. The summed E-state index contributed by atoms with van der Waals surface area (Å²) in [5.74, 6) is 1.81. The van der Waals surface area contributed by atoms with E-state index in [4.69, 9.17) is 9.47 Å². The Morgan fingerprint density at radius 3 is 3.18 bits per heavy atom. The second-order valence-electron chi connectivity index (χ2n) is 2.56. The number of ether oxygens (including phenoxy) is 2. The summed E-state index contributed by atoms with van der Waals surface area (Å²) < 4.78 is 11.1. The molecule has 0 saturated carbocycles. The van der Waals surface area contributed by atoms with Gasteiger partial charge in [-0.1, -0.05) is 6.92 Å². The molecule has 0 fully saturated rings. The monoisotopic (exact) mass is 170 g/mol. The average molecular weight is 170 g/mol. The zero-order valence-electron chi connectivity index (χ0n) is 6.37. The first-order valence-electron chi connectivity index (χ1n) is 3.75. The summed E-state index contributed by atoms with van der Waals surface area (Å²) in [6, 6.07) is 0. The van der Waals surface area contributed by atoms with Crippen molar-refractivity contribution in [1.82, 2.24) is 0 Å². The van der Waals surface area contributed by atoms with Crippen molar-refractivity contribution in [3.8, 4) is 11.5 Å². The van der Waals surface area contributed by atoms with Crippen molar-refractivity contribution >= 4 is 11.3 Å². The molecule has 2 nitrogen and oxygen atoms in total. The van der Waals surface area contributed by atoms with Crippen LogP contribution in [-0.4, -0.2) is 12.7 Å². The van der Waals surface area contributed by atoms with Crippen LogP contribution < -0.4 is 9.47 Å². The topological polar surface area (TPSA) is 18.5 Å². The van der Waals surface area contributed by atoms with Crippen LogP contribution in [-0.2, 0) is 0 Å². The van der Waals surface area contributed by atoms with Gasteiger partial charge in [0.25, 0.3) is 0 Å². The van der Waals surface area contributed by atoms with Gasteiger partial charge in [0.15, 0.2) is 11.5 Å². The van der Waals surface area contributed by atoms with Crippen molar-refractivity contribution in [3.05, 3.63) is 10.8 Å². The second kappa shape index (κ2) is 2.74. The van der Waals surface area contributed by atoms with E-state index in [9.17, 15) is 0 Å². The summed E-state index contributed by atoms with van der Waals surface area (Å²) in [5, 5.41) is 3.96. The van der Waals surface area contributed by atoms with E-state index in [1.807, 2.05) is 10.8 Å². The molecule has 0 aromatic carbocycles. The maximum absolute atomic E-state index is 5.61. The molecule has 1 atom stereocenters. The smallest absolute Gasteiger partial charge is 0.172 e. The third kappa shape index (κ3) is 1.20. The molecule has 1 aromatic heterocycles. The zero-order chi connectivity index (χ0) is 7.68. The van der Waals surface area contributed by atoms with Crippen molar-refractivity contribution in [1.29, 1.82) is 0 Å². The molecule has 0 saturated heterocycles. The molecular formula is C8H10O2S. The zero-order valence-corrected chi connectivity index (χ0v) is 7.19. The Labute approximate surface area is 69.8 Å². The lowest BCUT2D eigenvalue weighted by Gasteiger charge is -2.23. The van der Waals surface area contributed by atoms with Crippen molar-refractivity contribution < 1.29 is 9.47 Å². The molecule has 3 heteroatoms. The third-order valence-electron chi connectivity index (χ3n) is 1.77. The molecule has 1 aliphatic rings. The Balaban J connectivity index is 2.18. The highest BCUT2D eigenvalue weighted by molar-refractivity contribution is 7.08. The molecule has 0 bridgehead atoms. The maximum atomic E-state index is 5.61. The minimum atomic E-state index is 0.247. The van der Waals surface area contributed by atoms with Gasteiger partial charge >= 0.3 is 0 Å². The van der Waals surface area contributed by atoms with Gasteiger partial charge in [-0.25, -0.2) is 0 Å². The van der Waals surface area contributed by atoms with Crippen LogP contribution in [0.3, 0.4) is 0 Å². The summed E-state index contributed by atoms with van der Waals surface area (Å²) in [6.07, 6.45) is 1.26. The average Bonchev–Trinajstić information content (AvgIpc) is 2.50. The van der Waals surface area contributed by atoms with Crippen LogP contribution in [0, 0.1) is 0 Å². The molecule has 0 spiro atoms. The predicted octanol–water partition coefficient (Wildman–Crippen LogP) is 2.30. The van der Waals surface area contributed by atoms with Gasteiger partial charge in [-0.3, -0.25) is 0 Å². The van der Waals surface area contributed by atoms with E-state index in [0.717, 1.165) is 17.9 Å². The van der Waals surface area contributed by atoms with Crippen LogP contribution in [0.25, 0.3) is 0 Å². The Morgan fingerprint density at radius 1 is 1.55 bits per heavy atom. The van der Waals surface area contributed by atoms with E-state index in [1.165, 1.54) is 0 Å². The van der Waals surface area contributed by atoms with E-state index in [0.29, 0.717) is 6.61 Å². The van der Waals surface area contributed by atoms with E-state index < -0.39 is 0 Å². The third-order valence-corrected chi connectivity index (χ3v) is 2.47. The Kier molecular flexibility index (Phi) is 1.74. The summed E-state index contributed by atoms with van der Waals surface area (Å²) in [7, 11) is 0. The predicted molar refractivity (Wildman–Crippen MR) is 44.5 cm³/mol. The fourth-order valence-corrected chi connectivity index (χ4v) is 1.73. The van der Waals surface area contributed by atoms with Gasteiger partial charge in [-0.15, -0.1) is 11.3 Å². The van der Waals surface area contributed by atoms with Crippen LogP contribution in [0.5, 0.6) is 11.5 Å². The molecule has 60 valence electrons. The van der Waals surface area contributed by atoms with Crippen LogP contribution in [0.4, 0.5) is 0 Å². The largest absolute Gasteiger partial charge is 0.485 e. The van der Waals surface area contributed by atoms with E-state index in [2.05, 4.69) is 6.92 Å². The van der Waals surface area contributed by atoms with Crippen LogP contribution >= 0.6 is 11.3 Å². The molecule has 0 amide bonds. The minimum Gasteiger partial charge on any atom is -0.485 e. The molecule has 2 rings (SSSR count). The van der Waals surface area contributed by atoms with Gasteiger partial charge in [0.2, 0.25) is 0 Å². The summed E-state index contributed by atoms with van der Waals surface area (Å²) in [6.45, 7) is 2.80. The normalized spacial score (nSPS) is 21.7. The van der Waals surface area contributed by atoms with E-state index in [-0.39, 0.29) is 6.10 Å². The van der Waals surface area contributed by atoms with Crippen LogP contribution in [0.15, 0.2) is 10.8 Å². The summed E-state index contributed by atoms with van der Waals surface area (Å²) in [5.41, 5.74) is 0. The fraction of sp³-hybridized carbons (Fsp3) is 0.500. The molecule has 1 aromatic rings. The lowest BCUT2D eigenvalue weighted by Crippen LogP contribution is -2.27. The van der Waals surface area contributed by atoms with E-state index in [1.54, 1.807) is 11.3 Å². The van der Waals surface area contributed by atoms with Crippen LogP contribution in [0.1, 0.15) is 13.3 Å². The van der Waals surface area contributed by atoms with Gasteiger partial charge in [0, 0.05) is 10.8 Å². The number of fused-ring (bicyclic) bond motifs is 1. The van der Waals surface area contributed by atoms with Crippen LogP contribution in [0.2, 0.25) is 0 Å². The first-order valence-corrected chi connectivity index (χ1v) is 4.70. The summed E-state index contributed by atoms with van der Waals surface area (Å²) in [4.78, 5) is 0. The SMILES string of the molecule is CCC1COc2cscc2O1. The highest BCUT2D eigenvalue weighted by atomic mass is 32.1. The lowest BCUT2D eigenvalue weighted by atomic mass is 10.3. The maximum Gasteiger partial charge on any atom is 0.172 e. The van der Waals surface area contributed by atoms with Crippen molar-refractivity contribution in [3.63, 3.8) is 0 Å². The van der Waals surface area contributed by atoms with Gasteiger partial charge in [-0.05, 0) is 6.42 Å². The van der Waals surface area contributed by atoms with Crippen molar-refractivity contribution in [2.75, 3.05) is 6.61 Å². The first-order chi connectivity index (χ1) is 5.40. The number of hydrogen-bond acceptors (Lipinski definition) is 3. The molecular weight excluding hydrogens is 160 g/mol. The van der Waals surface area contributed by atoms with E-state index >= 15 is 0 Å². The quantitative estimate of drug-likeness (QED) is 0.643. The van der Waals surface area contributed by atoms with Crippen molar-refractivity contribution in [2.24, 2.45) is 0 Å². The molecule has 1 unspecified atom stereocenters. The standard InChI is InChI=1S/C8H10O2S/c1-2-6-3-9-7-4-11-5-8(7)10-6/h4-6H,2-3H2,1H3. The number of thiophene rings is 1. The molecule has 1 aliphatic heterocycles. The Bertz CT molecular complexity index is 244. The lowest BCUT2D eigenvalue weighted by molar-refractivity contribution is 0.0898. The summed E-state index contributed by atoms with van der Waals surface area (Å²) >= 11 is 1.62. The second-order valence-corrected chi connectivity index (χ2v) is 3.30. The van der Waals surface area contributed by atoms with Gasteiger partial charge < -0.3 is 9.47 Å². The molecule has 11 heavy (non-hydrogen) atoms. The minimum absolute atomic E-state index is 0.247. The molecule has 2 heterocycles.